The third-order valence-electron chi connectivity index (χ3n) is 3.40. The molecule has 1 fully saturated rings. The van der Waals surface area contributed by atoms with Crippen molar-refractivity contribution in [3.63, 3.8) is 0 Å². The molecule has 1 aliphatic rings. The molecule has 90 valence electrons. The molecule has 3 rings (SSSR count). The second-order valence-electron chi connectivity index (χ2n) is 5.23. The minimum Gasteiger partial charge on any atom is -0.337 e. The van der Waals surface area contributed by atoms with Crippen molar-refractivity contribution in [2.24, 2.45) is 11.1 Å². The van der Waals surface area contributed by atoms with Crippen LogP contribution in [-0.4, -0.2) is 10.1 Å². The maximum Gasteiger partial charge on any atom is 0.248 e. The van der Waals surface area contributed by atoms with Gasteiger partial charge in [-0.25, -0.2) is 0 Å². The van der Waals surface area contributed by atoms with Crippen LogP contribution in [0.25, 0.3) is 0 Å². The molecule has 17 heavy (non-hydrogen) atoms. The number of nitrogens with two attached hydrogens (primary N) is 1. The summed E-state index contributed by atoms with van der Waals surface area (Å²) in [5.41, 5.74) is 6.39. The number of thiophene rings is 1. The van der Waals surface area contributed by atoms with Gasteiger partial charge >= 0.3 is 0 Å². The van der Waals surface area contributed by atoms with Gasteiger partial charge in [-0.3, -0.25) is 0 Å². The summed E-state index contributed by atoms with van der Waals surface area (Å²) in [7, 11) is 0. The van der Waals surface area contributed by atoms with E-state index in [9.17, 15) is 0 Å². The van der Waals surface area contributed by atoms with Gasteiger partial charge in [0.1, 0.15) is 6.04 Å². The summed E-state index contributed by atoms with van der Waals surface area (Å²) in [4.78, 5) is 5.48. The van der Waals surface area contributed by atoms with Gasteiger partial charge < -0.3 is 10.3 Å². The first-order chi connectivity index (χ1) is 8.08. The van der Waals surface area contributed by atoms with Crippen molar-refractivity contribution >= 4 is 11.3 Å². The summed E-state index contributed by atoms with van der Waals surface area (Å²) < 4.78 is 5.27. The molecule has 2 atom stereocenters. The first-order valence-electron chi connectivity index (χ1n) is 5.70. The van der Waals surface area contributed by atoms with E-state index in [1.807, 2.05) is 17.5 Å². The van der Waals surface area contributed by atoms with Gasteiger partial charge in [-0.15, -0.1) is 11.3 Å². The molecule has 2 N–H and O–H groups in total. The molecule has 0 spiro atoms. The molecule has 5 heteroatoms. The number of rotatable bonds is 3. The summed E-state index contributed by atoms with van der Waals surface area (Å²) >= 11 is 1.61. The van der Waals surface area contributed by atoms with Gasteiger partial charge in [0.2, 0.25) is 5.89 Å². The molecular weight excluding hydrogens is 234 g/mol. The quantitative estimate of drug-likeness (QED) is 0.908. The molecule has 2 heterocycles. The fraction of sp³-hybridized carbons (Fsp3) is 0.500. The highest BCUT2D eigenvalue weighted by Gasteiger charge is 2.49. The minimum absolute atomic E-state index is 0.293. The van der Waals surface area contributed by atoms with Gasteiger partial charge in [0.05, 0.1) is 0 Å². The summed E-state index contributed by atoms with van der Waals surface area (Å²) in [6.45, 7) is 4.43. The largest absolute Gasteiger partial charge is 0.337 e. The smallest absolute Gasteiger partial charge is 0.248 e. The predicted molar refractivity (Wildman–Crippen MR) is 65.8 cm³/mol. The Morgan fingerprint density at radius 2 is 2.35 bits per heavy atom. The van der Waals surface area contributed by atoms with Crippen LogP contribution in [0, 0.1) is 5.41 Å². The monoisotopic (exact) mass is 249 g/mol. The SMILES string of the molecule is CC1(C)CC1c1noc(C(N)c2cccs2)n1. The second-order valence-corrected chi connectivity index (χ2v) is 6.21. The highest BCUT2D eigenvalue weighted by atomic mass is 32.1. The van der Waals surface area contributed by atoms with Crippen LogP contribution in [0.2, 0.25) is 0 Å². The van der Waals surface area contributed by atoms with Crippen molar-refractivity contribution in [2.45, 2.75) is 32.2 Å². The zero-order valence-electron chi connectivity index (χ0n) is 9.88. The van der Waals surface area contributed by atoms with Crippen LogP contribution in [0.15, 0.2) is 22.0 Å². The molecule has 0 amide bonds. The molecule has 2 aromatic rings. The van der Waals surface area contributed by atoms with Gasteiger partial charge in [0.15, 0.2) is 5.82 Å². The molecule has 0 bridgehead atoms. The van der Waals surface area contributed by atoms with Crippen molar-refractivity contribution in [3.05, 3.63) is 34.1 Å². The fourth-order valence-corrected chi connectivity index (χ4v) is 2.73. The summed E-state index contributed by atoms with van der Waals surface area (Å²) in [6, 6.07) is 3.67. The van der Waals surface area contributed by atoms with Gasteiger partial charge in [-0.05, 0) is 23.3 Å². The lowest BCUT2D eigenvalue weighted by molar-refractivity contribution is 0.362. The number of aromatic nitrogens is 2. The van der Waals surface area contributed by atoms with E-state index in [0.29, 0.717) is 17.2 Å². The lowest BCUT2D eigenvalue weighted by Gasteiger charge is -2.01. The Labute approximate surface area is 104 Å². The third-order valence-corrected chi connectivity index (χ3v) is 4.35. The summed E-state index contributed by atoms with van der Waals surface area (Å²) in [6.07, 6.45) is 1.13. The average molecular weight is 249 g/mol. The van der Waals surface area contributed by atoms with Crippen LogP contribution in [0.5, 0.6) is 0 Å². The van der Waals surface area contributed by atoms with Crippen molar-refractivity contribution in [3.8, 4) is 0 Å². The number of hydrogen-bond acceptors (Lipinski definition) is 5. The van der Waals surface area contributed by atoms with Gasteiger partial charge in [0.25, 0.3) is 0 Å². The first kappa shape index (κ1) is 10.9. The van der Waals surface area contributed by atoms with E-state index in [1.165, 1.54) is 0 Å². The molecule has 0 saturated heterocycles. The van der Waals surface area contributed by atoms with Crippen molar-refractivity contribution in [2.75, 3.05) is 0 Å². The molecule has 2 unspecified atom stereocenters. The first-order valence-corrected chi connectivity index (χ1v) is 6.58. The van der Waals surface area contributed by atoms with Crippen molar-refractivity contribution < 1.29 is 4.52 Å². The molecule has 4 nitrogen and oxygen atoms in total. The average Bonchev–Trinajstić information content (AvgIpc) is 2.84. The topological polar surface area (TPSA) is 64.9 Å². The minimum atomic E-state index is -0.293. The maximum absolute atomic E-state index is 6.08. The molecule has 2 aromatic heterocycles. The standard InChI is InChI=1S/C12H15N3OS/c1-12(2)6-7(12)10-14-11(16-15-10)9(13)8-4-3-5-17-8/h3-5,7,9H,6,13H2,1-2H3. The highest BCUT2D eigenvalue weighted by Crippen LogP contribution is 2.57. The van der Waals surface area contributed by atoms with E-state index in [2.05, 4.69) is 24.0 Å². The van der Waals surface area contributed by atoms with E-state index in [1.54, 1.807) is 11.3 Å². The van der Waals surface area contributed by atoms with Crippen LogP contribution < -0.4 is 5.73 Å². The number of hydrogen-bond donors (Lipinski definition) is 1. The summed E-state index contributed by atoms with van der Waals surface area (Å²) in [5, 5.41) is 6.04. The zero-order valence-corrected chi connectivity index (χ0v) is 10.7. The molecule has 0 radical (unpaired) electrons. The van der Waals surface area contributed by atoms with Crippen LogP contribution in [-0.2, 0) is 0 Å². The Morgan fingerprint density at radius 1 is 1.59 bits per heavy atom. The number of nitrogens with zero attached hydrogens (tertiary/aromatic N) is 2. The van der Waals surface area contributed by atoms with Gasteiger partial charge in [-0.2, -0.15) is 4.98 Å². The normalized spacial score (nSPS) is 23.6. The second kappa shape index (κ2) is 3.65. The van der Waals surface area contributed by atoms with Gasteiger partial charge in [-0.1, -0.05) is 25.1 Å². The van der Waals surface area contributed by atoms with Gasteiger partial charge in [0, 0.05) is 10.8 Å². The molecule has 0 aliphatic heterocycles. The van der Waals surface area contributed by atoms with Crippen molar-refractivity contribution in [1.29, 1.82) is 0 Å². The fourth-order valence-electron chi connectivity index (χ4n) is 2.01. The maximum atomic E-state index is 6.08. The van der Waals surface area contributed by atoms with E-state index >= 15 is 0 Å². The van der Waals surface area contributed by atoms with Crippen LogP contribution in [0.1, 0.15) is 48.8 Å². The molecular formula is C12H15N3OS. The van der Waals surface area contributed by atoms with Crippen LogP contribution >= 0.6 is 11.3 Å². The van der Waals surface area contributed by atoms with Crippen LogP contribution in [0.3, 0.4) is 0 Å². The summed E-state index contributed by atoms with van der Waals surface area (Å²) in [5.74, 6) is 1.75. The van der Waals surface area contributed by atoms with E-state index < -0.39 is 0 Å². The van der Waals surface area contributed by atoms with E-state index in [-0.39, 0.29) is 6.04 Å². The Morgan fingerprint density at radius 3 is 2.94 bits per heavy atom. The molecule has 1 aliphatic carbocycles. The molecule has 0 aromatic carbocycles. The van der Waals surface area contributed by atoms with Crippen molar-refractivity contribution in [1.82, 2.24) is 10.1 Å². The lowest BCUT2D eigenvalue weighted by Crippen LogP contribution is -2.10. The van der Waals surface area contributed by atoms with Crippen LogP contribution in [0.4, 0.5) is 0 Å². The van der Waals surface area contributed by atoms with E-state index in [0.717, 1.165) is 17.1 Å². The highest BCUT2D eigenvalue weighted by molar-refractivity contribution is 7.10. The Hall–Kier alpha value is -1.20. The Balaban J connectivity index is 1.81. The molecule has 1 saturated carbocycles. The lowest BCUT2D eigenvalue weighted by atomic mass is 10.1. The third kappa shape index (κ3) is 1.89. The predicted octanol–water partition coefficient (Wildman–Crippen LogP) is 2.69. The zero-order chi connectivity index (χ0) is 12.0. The Bertz CT molecular complexity index is 518. The van der Waals surface area contributed by atoms with E-state index in [4.69, 9.17) is 10.3 Å². The Kier molecular flexibility index (Phi) is 2.34.